The van der Waals surface area contributed by atoms with Crippen LogP contribution in [-0.2, 0) is 0 Å². The molecule has 0 atom stereocenters. The molecule has 0 aromatic carbocycles. The molecule has 1 rings (SSSR count). The van der Waals surface area contributed by atoms with Crippen molar-refractivity contribution in [1.82, 2.24) is 4.98 Å². The Kier molecular flexibility index (Phi) is 4.03. The molecule has 1 aromatic heterocycles. The summed E-state index contributed by atoms with van der Waals surface area (Å²) in [5.74, 6) is 0.485. The third-order valence-electron chi connectivity index (χ3n) is 2.52. The molecular formula is C13H22N4O2. The summed E-state index contributed by atoms with van der Waals surface area (Å²) in [4.78, 5) is 14.6. The van der Waals surface area contributed by atoms with Crippen molar-refractivity contribution in [2.45, 2.75) is 46.6 Å². The van der Waals surface area contributed by atoms with E-state index in [1.807, 2.05) is 13.8 Å². The third kappa shape index (κ3) is 4.73. The van der Waals surface area contributed by atoms with Gasteiger partial charge in [-0.05, 0) is 31.7 Å². The van der Waals surface area contributed by atoms with Gasteiger partial charge in [0.15, 0.2) is 0 Å². The van der Waals surface area contributed by atoms with Crippen LogP contribution in [0.5, 0.6) is 0 Å². The highest BCUT2D eigenvalue weighted by Crippen LogP contribution is 2.32. The Labute approximate surface area is 113 Å². The first kappa shape index (κ1) is 15.2. The summed E-state index contributed by atoms with van der Waals surface area (Å²) in [5.41, 5.74) is 5.33. The van der Waals surface area contributed by atoms with Crippen molar-refractivity contribution >= 4 is 17.3 Å². The number of pyridine rings is 1. The number of hydrogen-bond acceptors (Lipinski definition) is 5. The van der Waals surface area contributed by atoms with Crippen molar-refractivity contribution in [2.24, 2.45) is 5.41 Å². The van der Waals surface area contributed by atoms with E-state index in [-0.39, 0.29) is 28.3 Å². The average molecular weight is 266 g/mol. The van der Waals surface area contributed by atoms with Crippen molar-refractivity contribution in [3.05, 3.63) is 22.2 Å². The lowest BCUT2D eigenvalue weighted by atomic mass is 9.82. The van der Waals surface area contributed by atoms with E-state index in [0.717, 1.165) is 6.42 Å². The van der Waals surface area contributed by atoms with Crippen LogP contribution in [0.2, 0.25) is 0 Å². The molecule has 19 heavy (non-hydrogen) atoms. The fourth-order valence-electron chi connectivity index (χ4n) is 2.40. The molecule has 3 N–H and O–H groups in total. The zero-order chi connectivity index (χ0) is 14.8. The topological polar surface area (TPSA) is 94.1 Å². The van der Waals surface area contributed by atoms with Gasteiger partial charge < -0.3 is 11.1 Å². The van der Waals surface area contributed by atoms with Gasteiger partial charge in [-0.3, -0.25) is 10.1 Å². The zero-order valence-corrected chi connectivity index (χ0v) is 12.2. The van der Waals surface area contributed by atoms with Gasteiger partial charge in [-0.15, -0.1) is 0 Å². The largest absolute Gasteiger partial charge is 0.384 e. The van der Waals surface area contributed by atoms with Gasteiger partial charge in [-0.1, -0.05) is 20.8 Å². The first-order chi connectivity index (χ1) is 8.50. The molecule has 0 saturated carbocycles. The van der Waals surface area contributed by atoms with Crippen LogP contribution in [0.4, 0.5) is 17.3 Å². The van der Waals surface area contributed by atoms with Gasteiger partial charge in [0, 0.05) is 11.6 Å². The van der Waals surface area contributed by atoms with E-state index in [4.69, 9.17) is 5.73 Å². The van der Waals surface area contributed by atoms with Crippen molar-refractivity contribution < 1.29 is 4.92 Å². The number of nitrogens with one attached hydrogen (secondary N) is 1. The zero-order valence-electron chi connectivity index (χ0n) is 12.2. The highest BCUT2D eigenvalue weighted by Gasteiger charge is 2.28. The lowest BCUT2D eigenvalue weighted by molar-refractivity contribution is -0.384. The second kappa shape index (κ2) is 5.03. The summed E-state index contributed by atoms with van der Waals surface area (Å²) < 4.78 is 0. The highest BCUT2D eigenvalue weighted by molar-refractivity contribution is 5.60. The van der Waals surface area contributed by atoms with Gasteiger partial charge in [0.25, 0.3) is 0 Å². The van der Waals surface area contributed by atoms with E-state index < -0.39 is 4.92 Å². The van der Waals surface area contributed by atoms with Crippen molar-refractivity contribution in [3.63, 3.8) is 0 Å². The molecule has 0 aliphatic rings. The highest BCUT2D eigenvalue weighted by atomic mass is 16.6. The first-order valence-corrected chi connectivity index (χ1v) is 6.19. The molecule has 0 amide bonds. The van der Waals surface area contributed by atoms with Gasteiger partial charge in [-0.25, -0.2) is 4.98 Å². The van der Waals surface area contributed by atoms with Gasteiger partial charge in [-0.2, -0.15) is 0 Å². The Morgan fingerprint density at radius 2 is 1.89 bits per heavy atom. The Morgan fingerprint density at radius 1 is 1.32 bits per heavy atom. The molecular weight excluding hydrogens is 244 g/mol. The minimum absolute atomic E-state index is 0.0591. The van der Waals surface area contributed by atoms with E-state index >= 15 is 0 Å². The van der Waals surface area contributed by atoms with Crippen LogP contribution in [0, 0.1) is 15.5 Å². The van der Waals surface area contributed by atoms with Crippen LogP contribution in [-0.4, -0.2) is 15.4 Å². The van der Waals surface area contributed by atoms with Crippen molar-refractivity contribution in [2.75, 3.05) is 11.1 Å². The SMILES string of the molecule is CC(C)(C)CC(C)(C)Nc1nc(N)ccc1[N+](=O)[O-]. The molecule has 0 saturated heterocycles. The van der Waals surface area contributed by atoms with Crippen LogP contribution in [0.15, 0.2) is 12.1 Å². The number of anilines is 2. The second-order valence-electron chi connectivity index (χ2n) is 6.61. The van der Waals surface area contributed by atoms with E-state index in [1.165, 1.54) is 12.1 Å². The average Bonchev–Trinajstić information content (AvgIpc) is 2.11. The van der Waals surface area contributed by atoms with Crippen molar-refractivity contribution in [1.29, 1.82) is 0 Å². The molecule has 6 heteroatoms. The fourth-order valence-corrected chi connectivity index (χ4v) is 2.40. The number of aromatic nitrogens is 1. The molecule has 0 fully saturated rings. The Hall–Kier alpha value is -1.85. The fraction of sp³-hybridized carbons (Fsp3) is 0.615. The maximum atomic E-state index is 11.0. The molecule has 1 heterocycles. The molecule has 0 unspecified atom stereocenters. The van der Waals surface area contributed by atoms with E-state index in [1.54, 1.807) is 0 Å². The van der Waals surface area contributed by atoms with E-state index in [0.29, 0.717) is 0 Å². The number of nitrogens with zero attached hydrogens (tertiary/aromatic N) is 2. The first-order valence-electron chi connectivity index (χ1n) is 6.19. The number of nitrogen functional groups attached to an aromatic ring is 1. The molecule has 6 nitrogen and oxygen atoms in total. The maximum absolute atomic E-state index is 11.0. The van der Waals surface area contributed by atoms with Gasteiger partial charge in [0.2, 0.25) is 5.82 Å². The Morgan fingerprint density at radius 3 is 2.37 bits per heavy atom. The normalized spacial score (nSPS) is 12.3. The summed E-state index contributed by atoms with van der Waals surface area (Å²) >= 11 is 0. The minimum Gasteiger partial charge on any atom is -0.384 e. The summed E-state index contributed by atoms with van der Waals surface area (Å²) in [6.45, 7) is 10.4. The Bertz CT molecular complexity index is 478. The summed E-state index contributed by atoms with van der Waals surface area (Å²) in [6, 6.07) is 2.80. The monoisotopic (exact) mass is 266 g/mol. The van der Waals surface area contributed by atoms with E-state index in [9.17, 15) is 10.1 Å². The smallest absolute Gasteiger partial charge is 0.311 e. The number of nitro groups is 1. The second-order valence-corrected chi connectivity index (χ2v) is 6.61. The number of nitrogens with two attached hydrogens (primary N) is 1. The number of rotatable bonds is 4. The summed E-state index contributed by atoms with van der Waals surface area (Å²) in [5, 5.41) is 14.1. The maximum Gasteiger partial charge on any atom is 0.311 e. The van der Waals surface area contributed by atoms with Gasteiger partial charge >= 0.3 is 5.69 Å². The van der Waals surface area contributed by atoms with Crippen LogP contribution in [0.1, 0.15) is 41.0 Å². The van der Waals surface area contributed by atoms with E-state index in [2.05, 4.69) is 31.1 Å². The molecule has 1 aromatic rings. The van der Waals surface area contributed by atoms with Gasteiger partial charge in [0.1, 0.15) is 5.82 Å². The standard InChI is InChI=1S/C13H22N4O2/c1-12(2,3)8-13(4,5)16-11-9(17(18)19)6-7-10(14)15-11/h6-7H,8H2,1-5H3,(H3,14,15,16). The summed E-state index contributed by atoms with van der Waals surface area (Å²) in [7, 11) is 0. The van der Waals surface area contributed by atoms with Crippen LogP contribution < -0.4 is 11.1 Å². The van der Waals surface area contributed by atoms with Crippen LogP contribution in [0.3, 0.4) is 0 Å². The third-order valence-corrected chi connectivity index (χ3v) is 2.52. The molecule has 106 valence electrons. The lowest BCUT2D eigenvalue weighted by Gasteiger charge is -2.33. The lowest BCUT2D eigenvalue weighted by Crippen LogP contribution is -2.36. The predicted octanol–water partition coefficient (Wildman–Crippen LogP) is 3.20. The molecule has 0 aliphatic heterocycles. The minimum atomic E-state index is -0.456. The predicted molar refractivity (Wildman–Crippen MR) is 77.1 cm³/mol. The molecule has 0 spiro atoms. The van der Waals surface area contributed by atoms with Crippen LogP contribution in [0.25, 0.3) is 0 Å². The number of hydrogen-bond donors (Lipinski definition) is 2. The Balaban J connectivity index is 3.04. The molecule has 0 aliphatic carbocycles. The molecule has 0 radical (unpaired) electrons. The quantitative estimate of drug-likeness (QED) is 0.644. The van der Waals surface area contributed by atoms with Crippen molar-refractivity contribution in [3.8, 4) is 0 Å². The van der Waals surface area contributed by atoms with Gasteiger partial charge in [0.05, 0.1) is 4.92 Å². The van der Waals surface area contributed by atoms with Crippen LogP contribution >= 0.6 is 0 Å². The summed E-state index contributed by atoms with van der Waals surface area (Å²) in [6.07, 6.45) is 0.841. The molecule has 0 bridgehead atoms.